The van der Waals surface area contributed by atoms with Gasteiger partial charge in [0.2, 0.25) is 5.91 Å². The van der Waals surface area contributed by atoms with E-state index in [-0.39, 0.29) is 12.0 Å². The zero-order chi connectivity index (χ0) is 31.2. The minimum Gasteiger partial charge on any atom is -0.313 e. The van der Waals surface area contributed by atoms with Crippen LogP contribution in [0.1, 0.15) is 80.3 Å². The highest BCUT2D eigenvalue weighted by molar-refractivity contribution is 6.03. The fourth-order valence-electron chi connectivity index (χ4n) is 5.47. The van der Waals surface area contributed by atoms with Crippen molar-refractivity contribution in [2.75, 3.05) is 11.9 Å². The summed E-state index contributed by atoms with van der Waals surface area (Å²) in [6, 6.07) is 7.27. The van der Waals surface area contributed by atoms with Gasteiger partial charge in [-0.25, -0.2) is 4.39 Å². The van der Waals surface area contributed by atoms with Gasteiger partial charge in [0.1, 0.15) is 5.82 Å². The highest BCUT2D eigenvalue weighted by atomic mass is 19.4. The molecule has 225 valence electrons. The van der Waals surface area contributed by atoms with Crippen molar-refractivity contribution < 1.29 is 35.5 Å². The molecule has 3 aromatic rings. The smallest absolute Gasteiger partial charge is 0.313 e. The molecule has 42 heavy (non-hydrogen) atoms. The number of aromatic nitrogens is 1. The van der Waals surface area contributed by atoms with Crippen LogP contribution in [0.4, 0.5) is 36.4 Å². The van der Waals surface area contributed by atoms with Gasteiger partial charge in [-0.1, -0.05) is 13.0 Å². The highest BCUT2D eigenvalue weighted by Gasteiger charge is 2.41. The first-order valence-corrected chi connectivity index (χ1v) is 13.6. The van der Waals surface area contributed by atoms with E-state index in [0.29, 0.717) is 34.5 Å². The number of nitrogens with zero attached hydrogens (tertiary/aromatic N) is 2. The Morgan fingerprint density at radius 3 is 1.90 bits per heavy atom. The lowest BCUT2D eigenvalue weighted by Crippen LogP contribution is -2.42. The van der Waals surface area contributed by atoms with Gasteiger partial charge >= 0.3 is 12.4 Å². The first kappa shape index (κ1) is 31.5. The maximum atomic E-state index is 14.0. The van der Waals surface area contributed by atoms with E-state index in [0.717, 1.165) is 31.4 Å². The number of rotatable bonds is 5. The van der Waals surface area contributed by atoms with Gasteiger partial charge in [-0.2, -0.15) is 26.3 Å². The van der Waals surface area contributed by atoms with Crippen LogP contribution in [0.15, 0.2) is 48.7 Å². The summed E-state index contributed by atoms with van der Waals surface area (Å²) in [5.74, 6) is 0.397. The molecule has 0 saturated heterocycles. The molecule has 1 aliphatic rings. The molecule has 0 spiro atoms. The average Bonchev–Trinajstić information content (AvgIpc) is 2.91. The Kier molecular flexibility index (Phi) is 8.50. The van der Waals surface area contributed by atoms with E-state index in [1.165, 1.54) is 50.0 Å². The second kappa shape index (κ2) is 11.3. The van der Waals surface area contributed by atoms with Crippen LogP contribution in [0.3, 0.4) is 0 Å². The number of benzene rings is 2. The summed E-state index contributed by atoms with van der Waals surface area (Å²) in [7, 11) is 1.40. The minimum absolute atomic E-state index is 0.0380. The average molecular weight is 594 g/mol. The zero-order valence-electron chi connectivity index (χ0n) is 24.0. The van der Waals surface area contributed by atoms with Crippen LogP contribution in [-0.2, 0) is 22.6 Å². The SMILES string of the molecule is C[C]1CCC(c2cc(-c3ccc(F)cc3C)c(N(C)C(=O)C(C)(C)c3cc(C(F)(F)F)cc(C(F)(F)F)c3)cn2)CC1. The minimum atomic E-state index is -5.05. The Hall–Kier alpha value is -3.43. The van der Waals surface area contributed by atoms with Crippen LogP contribution in [0.2, 0.25) is 0 Å². The number of alkyl halides is 6. The first-order chi connectivity index (χ1) is 19.4. The number of hydrogen-bond donors (Lipinski definition) is 0. The summed E-state index contributed by atoms with van der Waals surface area (Å²) < 4.78 is 95.4. The molecule has 1 radical (unpaired) electrons. The Morgan fingerprint density at radius 2 is 1.38 bits per heavy atom. The molecular weight excluding hydrogens is 561 g/mol. The number of pyridine rings is 1. The Labute approximate surface area is 240 Å². The largest absolute Gasteiger partial charge is 0.416 e. The lowest BCUT2D eigenvalue weighted by molar-refractivity contribution is -0.143. The molecule has 1 aliphatic carbocycles. The third-order valence-electron chi connectivity index (χ3n) is 8.15. The molecule has 2 aromatic carbocycles. The normalized spacial score (nSPS) is 15.6. The van der Waals surface area contributed by atoms with Gasteiger partial charge in [0, 0.05) is 24.2 Å². The van der Waals surface area contributed by atoms with Crippen LogP contribution in [0.5, 0.6) is 0 Å². The fraction of sp³-hybridized carbons (Fsp3) is 0.406. The van der Waals surface area contributed by atoms with E-state index in [4.69, 9.17) is 0 Å². The number of amides is 1. The number of carbonyl (C=O) groups is 1. The van der Waals surface area contributed by atoms with Gasteiger partial charge in [-0.3, -0.25) is 9.78 Å². The first-order valence-electron chi connectivity index (χ1n) is 13.6. The number of anilines is 1. The van der Waals surface area contributed by atoms with Gasteiger partial charge in [-0.15, -0.1) is 0 Å². The molecule has 1 fully saturated rings. The molecule has 0 aliphatic heterocycles. The summed E-state index contributed by atoms with van der Waals surface area (Å²) in [5.41, 5.74) is -2.33. The second-order valence-electron chi connectivity index (χ2n) is 11.6. The van der Waals surface area contributed by atoms with Crippen molar-refractivity contribution in [3.8, 4) is 11.1 Å². The summed E-state index contributed by atoms with van der Waals surface area (Å²) >= 11 is 0. The van der Waals surface area contributed by atoms with Gasteiger partial charge < -0.3 is 4.90 Å². The molecule has 3 nitrogen and oxygen atoms in total. The van der Waals surface area contributed by atoms with Crippen molar-refractivity contribution in [3.63, 3.8) is 0 Å². The molecule has 1 saturated carbocycles. The number of carbonyl (C=O) groups excluding carboxylic acids is 1. The Balaban J connectivity index is 1.81. The quantitative estimate of drug-likeness (QED) is 0.276. The van der Waals surface area contributed by atoms with Crippen LogP contribution in [0, 0.1) is 18.7 Å². The summed E-state index contributed by atoms with van der Waals surface area (Å²) in [6.07, 6.45) is -4.88. The number of hydrogen-bond acceptors (Lipinski definition) is 2. The van der Waals surface area contributed by atoms with Crippen LogP contribution in [-0.4, -0.2) is 17.9 Å². The van der Waals surface area contributed by atoms with Crippen molar-refractivity contribution in [2.24, 2.45) is 0 Å². The Morgan fingerprint density at radius 1 is 0.833 bits per heavy atom. The van der Waals surface area contributed by atoms with E-state index >= 15 is 0 Å². The van der Waals surface area contributed by atoms with Crippen molar-refractivity contribution in [1.82, 2.24) is 4.98 Å². The third-order valence-corrected chi connectivity index (χ3v) is 8.15. The van der Waals surface area contributed by atoms with E-state index in [2.05, 4.69) is 11.9 Å². The number of likely N-dealkylation sites (N-methyl/N-ethyl adjacent to an activating group) is 1. The van der Waals surface area contributed by atoms with Crippen LogP contribution >= 0.6 is 0 Å². The molecule has 0 N–H and O–H groups in total. The molecule has 10 heteroatoms. The fourth-order valence-corrected chi connectivity index (χ4v) is 5.47. The monoisotopic (exact) mass is 593 g/mol. The third kappa shape index (κ3) is 6.47. The molecule has 4 rings (SSSR count). The molecule has 0 unspecified atom stereocenters. The van der Waals surface area contributed by atoms with E-state index in [9.17, 15) is 35.5 Å². The maximum Gasteiger partial charge on any atom is 0.416 e. The van der Waals surface area contributed by atoms with Gasteiger partial charge in [0.05, 0.1) is 28.4 Å². The van der Waals surface area contributed by atoms with Gasteiger partial charge in [0.25, 0.3) is 0 Å². The number of halogens is 7. The standard InChI is InChI=1S/C32H32F7N2O/c1-18-6-8-20(9-7-18)27-16-26(25-11-10-24(33)12-19(25)2)28(17-40-27)41(5)29(42)30(3,4)21-13-22(31(34,35)36)15-23(14-21)32(37,38)39/h10-17,20H,6-9H2,1-5H3. The lowest BCUT2D eigenvalue weighted by Gasteiger charge is -2.32. The topological polar surface area (TPSA) is 33.2 Å². The zero-order valence-corrected chi connectivity index (χ0v) is 24.0. The summed E-state index contributed by atoms with van der Waals surface area (Å²) in [4.78, 5) is 19.7. The van der Waals surface area contributed by atoms with Crippen molar-refractivity contribution >= 4 is 11.6 Å². The maximum absolute atomic E-state index is 14.0. The molecule has 0 bridgehead atoms. The molecule has 1 aromatic heterocycles. The van der Waals surface area contributed by atoms with E-state index in [1.807, 2.05) is 6.07 Å². The van der Waals surface area contributed by atoms with Gasteiger partial charge in [-0.05, 0) is 105 Å². The summed E-state index contributed by atoms with van der Waals surface area (Å²) in [6.45, 7) is 6.40. The molecule has 1 amide bonds. The van der Waals surface area contributed by atoms with Gasteiger partial charge in [0.15, 0.2) is 0 Å². The molecule has 0 atom stereocenters. The number of aryl methyl sites for hydroxylation is 1. The van der Waals surface area contributed by atoms with E-state index in [1.54, 1.807) is 13.0 Å². The molecule has 1 heterocycles. The summed E-state index contributed by atoms with van der Waals surface area (Å²) in [5, 5.41) is 0. The molecular formula is C32H32F7N2O. The highest BCUT2D eigenvalue weighted by Crippen LogP contribution is 2.42. The van der Waals surface area contributed by atoms with Crippen LogP contribution < -0.4 is 4.90 Å². The van der Waals surface area contributed by atoms with Crippen molar-refractivity contribution in [2.45, 2.75) is 77.1 Å². The van der Waals surface area contributed by atoms with E-state index < -0.39 is 46.2 Å². The van der Waals surface area contributed by atoms with Crippen molar-refractivity contribution in [1.29, 1.82) is 0 Å². The lowest BCUT2D eigenvalue weighted by atomic mass is 9.80. The van der Waals surface area contributed by atoms with Crippen LogP contribution in [0.25, 0.3) is 11.1 Å². The van der Waals surface area contributed by atoms with Crippen molar-refractivity contribution in [3.05, 3.63) is 88.3 Å². The second-order valence-corrected chi connectivity index (χ2v) is 11.6. The predicted octanol–water partition coefficient (Wildman–Crippen LogP) is 9.43. The Bertz CT molecular complexity index is 1440. The predicted molar refractivity (Wildman–Crippen MR) is 147 cm³/mol.